The Morgan fingerprint density at radius 1 is 0.970 bits per heavy atom. The average Bonchev–Trinajstić information content (AvgIpc) is 3.40. The molecule has 0 amide bonds. The molecule has 1 aliphatic heterocycles. The Balaban J connectivity index is 1.65. The van der Waals surface area contributed by atoms with E-state index < -0.39 is 0 Å². The number of benzene rings is 3. The fourth-order valence-electron chi connectivity index (χ4n) is 5.48. The number of nitrogens with zero attached hydrogens (tertiary/aromatic N) is 4. The van der Waals surface area contributed by atoms with Gasteiger partial charge in [-0.25, -0.2) is 4.98 Å². The molecule has 0 fully saturated rings. The number of hydrogen-bond donors (Lipinski definition) is 1. The summed E-state index contributed by atoms with van der Waals surface area (Å²) in [6.07, 6.45) is 8.03. The van der Waals surface area contributed by atoms with Gasteiger partial charge in [0.2, 0.25) is 0 Å². The van der Waals surface area contributed by atoms with Crippen molar-refractivity contribution in [2.75, 3.05) is 0 Å². The molecule has 0 saturated carbocycles. The Bertz CT molecular complexity index is 1810. The molecule has 0 bridgehead atoms. The number of aryl methyl sites for hydroxylation is 1. The number of fused-ring (bicyclic) bond motifs is 5. The van der Waals surface area contributed by atoms with E-state index in [-0.39, 0.29) is 24.2 Å². The number of imidazole rings is 1. The predicted molar refractivity (Wildman–Crippen MR) is 129 cm³/mol. The lowest BCUT2D eigenvalue weighted by atomic mass is 9.93. The second kappa shape index (κ2) is 6.49. The summed E-state index contributed by atoms with van der Waals surface area (Å²) in [4.78, 5) is 23.5. The van der Waals surface area contributed by atoms with Crippen molar-refractivity contribution in [3.05, 3.63) is 94.2 Å². The first kappa shape index (κ1) is 18.5. The van der Waals surface area contributed by atoms with Crippen molar-refractivity contribution in [2.45, 2.75) is 18.7 Å². The molecule has 3 aromatic carbocycles. The lowest BCUT2D eigenvalue weighted by molar-refractivity contribution is 0.283. The van der Waals surface area contributed by atoms with Crippen molar-refractivity contribution in [1.82, 2.24) is 14.1 Å². The van der Waals surface area contributed by atoms with Crippen LogP contribution in [0.25, 0.3) is 44.0 Å². The van der Waals surface area contributed by atoms with Crippen LogP contribution >= 0.6 is 0 Å². The number of rotatable bonds is 2. The summed E-state index contributed by atoms with van der Waals surface area (Å²) in [5, 5.41) is 13.5. The molecule has 3 heterocycles. The number of aromatic nitrogens is 3. The Morgan fingerprint density at radius 3 is 2.64 bits per heavy atom. The molecule has 2 unspecified atom stereocenters. The molecule has 2 atom stereocenters. The largest absolute Gasteiger partial charge is 0.392 e. The molecular weight excluding hydrogens is 412 g/mol. The van der Waals surface area contributed by atoms with E-state index in [1.807, 2.05) is 84.4 Å². The van der Waals surface area contributed by atoms with Gasteiger partial charge in [-0.3, -0.25) is 14.4 Å². The Hall–Kier alpha value is -4.03. The number of pyridine rings is 1. The topological polar surface area (TPSA) is 72.4 Å². The highest BCUT2D eigenvalue weighted by atomic mass is 16.3. The van der Waals surface area contributed by atoms with Gasteiger partial charge in [-0.2, -0.15) is 0 Å². The molecule has 33 heavy (non-hydrogen) atoms. The smallest absolute Gasteiger partial charge is 0.260 e. The van der Waals surface area contributed by atoms with Gasteiger partial charge in [-0.15, -0.1) is 0 Å². The number of allylic oxidation sites excluding steroid dienone is 2. The normalized spacial score (nSPS) is 18.8. The van der Waals surface area contributed by atoms with E-state index in [1.165, 1.54) is 0 Å². The molecule has 1 aliphatic carbocycles. The second-order valence-electron chi connectivity index (χ2n) is 8.70. The zero-order chi connectivity index (χ0) is 22.3. The molecule has 0 spiro atoms. The van der Waals surface area contributed by atoms with Gasteiger partial charge in [-0.1, -0.05) is 42.5 Å². The summed E-state index contributed by atoms with van der Waals surface area (Å²) < 4.78 is 3.88. The molecular formula is C27H20N4O2. The highest BCUT2D eigenvalue weighted by Crippen LogP contribution is 2.37. The summed E-state index contributed by atoms with van der Waals surface area (Å²) in [5.74, 6) is 0.803. The second-order valence-corrected chi connectivity index (χ2v) is 8.70. The van der Waals surface area contributed by atoms with Gasteiger partial charge >= 0.3 is 0 Å². The average molecular weight is 432 g/mol. The van der Waals surface area contributed by atoms with Crippen LogP contribution in [0.1, 0.15) is 11.6 Å². The summed E-state index contributed by atoms with van der Waals surface area (Å²) in [6, 6.07) is 15.6. The third-order valence-corrected chi connectivity index (χ3v) is 7.01. The molecule has 6 nitrogen and oxygen atoms in total. The maximum atomic E-state index is 13.7. The zero-order valence-electron chi connectivity index (χ0n) is 17.9. The van der Waals surface area contributed by atoms with E-state index in [0.717, 1.165) is 44.1 Å². The van der Waals surface area contributed by atoms with Crippen molar-refractivity contribution in [3.8, 4) is 11.4 Å². The number of para-hydroxylation sites is 2. The Kier molecular flexibility index (Phi) is 3.65. The standard InChI is InChI=1S/C27H20N4O2/c1-30-21-8-4-2-6-19(21)28-25(30)16-12-13-17-24-18(11-10-15(14-32)23(16)24)27(33)31-22-9-5-3-7-20(22)29-26(17)31/h2-13,20,22,32H,14H2,1H3. The molecule has 5 aromatic rings. The third kappa shape index (κ3) is 2.33. The van der Waals surface area contributed by atoms with Crippen LogP contribution in [-0.2, 0) is 13.7 Å². The van der Waals surface area contributed by atoms with Gasteiger partial charge in [0.1, 0.15) is 11.3 Å². The quantitative estimate of drug-likeness (QED) is 0.463. The third-order valence-electron chi connectivity index (χ3n) is 7.01. The van der Waals surface area contributed by atoms with Crippen molar-refractivity contribution in [1.29, 1.82) is 0 Å². The highest BCUT2D eigenvalue weighted by molar-refractivity contribution is 6.15. The van der Waals surface area contributed by atoms with Crippen LogP contribution in [0.5, 0.6) is 0 Å². The van der Waals surface area contributed by atoms with E-state index in [0.29, 0.717) is 10.9 Å². The predicted octanol–water partition coefficient (Wildman–Crippen LogP) is 3.59. The van der Waals surface area contributed by atoms with Crippen LogP contribution in [0.4, 0.5) is 0 Å². The van der Waals surface area contributed by atoms with Crippen molar-refractivity contribution < 1.29 is 5.11 Å². The summed E-state index contributed by atoms with van der Waals surface area (Å²) in [7, 11) is 2.00. The van der Waals surface area contributed by atoms with Gasteiger partial charge in [0.15, 0.2) is 0 Å². The SMILES string of the molecule is Cn1c(-c2ccc3c4n(c(=O)c5ccc(CO)c2c53)C2C=CC=CC2N=4)nc2ccccc21. The molecule has 2 aromatic heterocycles. The van der Waals surface area contributed by atoms with E-state index in [2.05, 4.69) is 4.57 Å². The minimum Gasteiger partial charge on any atom is -0.392 e. The fourth-order valence-corrected chi connectivity index (χ4v) is 5.48. The van der Waals surface area contributed by atoms with Crippen molar-refractivity contribution >= 4 is 32.6 Å². The highest BCUT2D eigenvalue weighted by Gasteiger charge is 2.30. The minimum atomic E-state index is -0.127. The molecule has 6 heteroatoms. The van der Waals surface area contributed by atoms with Crippen LogP contribution in [-0.4, -0.2) is 25.3 Å². The monoisotopic (exact) mass is 432 g/mol. The lowest BCUT2D eigenvalue weighted by Crippen LogP contribution is -2.34. The first-order valence-electron chi connectivity index (χ1n) is 11.1. The summed E-state index contributed by atoms with van der Waals surface area (Å²) >= 11 is 0. The molecule has 1 N–H and O–H groups in total. The van der Waals surface area contributed by atoms with E-state index in [9.17, 15) is 9.90 Å². The number of aliphatic hydroxyl groups excluding tert-OH is 1. The Labute approximate surface area is 188 Å². The lowest BCUT2D eigenvalue weighted by Gasteiger charge is -2.18. The zero-order valence-corrected chi connectivity index (χ0v) is 17.9. The van der Waals surface area contributed by atoms with E-state index in [1.54, 1.807) is 0 Å². The first-order chi connectivity index (χ1) is 16.2. The van der Waals surface area contributed by atoms with Gasteiger partial charge in [0.05, 0.1) is 29.7 Å². The van der Waals surface area contributed by atoms with E-state index in [4.69, 9.17) is 9.98 Å². The number of aliphatic hydroxyl groups is 1. The first-order valence-corrected chi connectivity index (χ1v) is 11.1. The van der Waals surface area contributed by atoms with Crippen LogP contribution in [0.15, 0.2) is 82.6 Å². The van der Waals surface area contributed by atoms with Crippen molar-refractivity contribution in [3.63, 3.8) is 0 Å². The van der Waals surface area contributed by atoms with E-state index >= 15 is 0 Å². The maximum Gasteiger partial charge on any atom is 0.260 e. The Morgan fingerprint density at radius 2 is 1.79 bits per heavy atom. The fraction of sp³-hybridized carbons (Fsp3) is 0.148. The van der Waals surface area contributed by atoms with Crippen molar-refractivity contribution in [2.24, 2.45) is 12.0 Å². The number of hydrogen-bond acceptors (Lipinski definition) is 4. The molecule has 0 radical (unpaired) electrons. The summed E-state index contributed by atoms with van der Waals surface area (Å²) in [6.45, 7) is -0.127. The van der Waals surface area contributed by atoms with Gasteiger partial charge in [-0.05, 0) is 41.3 Å². The molecule has 7 rings (SSSR count). The molecule has 0 saturated heterocycles. The van der Waals surface area contributed by atoms with Crippen LogP contribution in [0.2, 0.25) is 0 Å². The van der Waals surface area contributed by atoms with Gasteiger partial charge < -0.3 is 9.67 Å². The van der Waals surface area contributed by atoms with Gasteiger partial charge in [0.25, 0.3) is 5.56 Å². The molecule has 2 aliphatic rings. The van der Waals surface area contributed by atoms with Gasteiger partial charge in [0, 0.05) is 28.8 Å². The van der Waals surface area contributed by atoms with Crippen LogP contribution < -0.4 is 11.0 Å². The molecule has 160 valence electrons. The van der Waals surface area contributed by atoms with Crippen LogP contribution in [0, 0.1) is 0 Å². The maximum absolute atomic E-state index is 13.7. The minimum absolute atomic E-state index is 0.0506. The summed E-state index contributed by atoms with van der Waals surface area (Å²) in [5.41, 5.74) is 4.26. The van der Waals surface area contributed by atoms with Crippen LogP contribution in [0.3, 0.4) is 0 Å².